The molecular formula is C16H18ClNO2S. The molecule has 1 aliphatic carbocycles. The van der Waals surface area contributed by atoms with Gasteiger partial charge in [0.1, 0.15) is 0 Å². The van der Waals surface area contributed by atoms with Crippen LogP contribution in [0.4, 0.5) is 0 Å². The molecule has 0 aliphatic heterocycles. The summed E-state index contributed by atoms with van der Waals surface area (Å²) in [6, 6.07) is 9.20. The number of hydrogen-bond donors (Lipinski definition) is 0. The van der Waals surface area contributed by atoms with Crippen LogP contribution in [0.5, 0.6) is 0 Å². The summed E-state index contributed by atoms with van der Waals surface area (Å²) in [4.78, 5) is 4.43. The van der Waals surface area contributed by atoms with Gasteiger partial charge in [0.25, 0.3) is 0 Å². The van der Waals surface area contributed by atoms with E-state index in [4.69, 9.17) is 11.6 Å². The van der Waals surface area contributed by atoms with Crippen molar-refractivity contribution in [3.05, 3.63) is 41.0 Å². The summed E-state index contributed by atoms with van der Waals surface area (Å²) >= 11 is 6.23. The first kappa shape index (κ1) is 14.8. The zero-order valence-electron chi connectivity index (χ0n) is 11.8. The van der Waals surface area contributed by atoms with Gasteiger partial charge in [-0.1, -0.05) is 42.6 Å². The molecule has 112 valence electrons. The lowest BCUT2D eigenvalue weighted by Gasteiger charge is -2.10. The molecule has 0 amide bonds. The van der Waals surface area contributed by atoms with Crippen molar-refractivity contribution < 1.29 is 8.42 Å². The zero-order chi connectivity index (χ0) is 14.9. The predicted octanol–water partition coefficient (Wildman–Crippen LogP) is 3.99. The van der Waals surface area contributed by atoms with E-state index < -0.39 is 9.84 Å². The summed E-state index contributed by atoms with van der Waals surface area (Å²) in [5.74, 6) is 0.582. The van der Waals surface area contributed by atoms with Crippen LogP contribution in [0.3, 0.4) is 0 Å². The second-order valence-corrected chi connectivity index (χ2v) is 8.33. The zero-order valence-corrected chi connectivity index (χ0v) is 13.3. The number of nitrogens with zero attached hydrogens (tertiary/aromatic N) is 1. The fourth-order valence-corrected chi connectivity index (χ4v) is 5.13. The minimum absolute atomic E-state index is 0.0198. The van der Waals surface area contributed by atoms with Crippen LogP contribution in [0, 0.1) is 5.92 Å². The van der Waals surface area contributed by atoms with E-state index in [0.29, 0.717) is 16.6 Å². The van der Waals surface area contributed by atoms with Crippen LogP contribution in [0.15, 0.2) is 30.3 Å². The molecule has 0 N–H and O–H groups in total. The van der Waals surface area contributed by atoms with E-state index >= 15 is 0 Å². The lowest BCUT2D eigenvalue weighted by atomic mass is 10.1. The average molecular weight is 324 g/mol. The molecule has 1 aromatic heterocycles. The third-order valence-electron chi connectivity index (χ3n) is 4.05. The van der Waals surface area contributed by atoms with Gasteiger partial charge >= 0.3 is 0 Å². The molecule has 21 heavy (non-hydrogen) atoms. The number of sulfone groups is 1. The highest BCUT2D eigenvalue weighted by Crippen LogP contribution is 2.28. The highest BCUT2D eigenvalue weighted by Gasteiger charge is 2.23. The van der Waals surface area contributed by atoms with Gasteiger partial charge in [0.2, 0.25) is 0 Å². The van der Waals surface area contributed by atoms with Gasteiger partial charge in [0, 0.05) is 5.39 Å². The molecule has 0 atom stereocenters. The average Bonchev–Trinajstić information content (AvgIpc) is 2.90. The van der Waals surface area contributed by atoms with E-state index in [1.54, 1.807) is 6.07 Å². The number of halogens is 1. The van der Waals surface area contributed by atoms with Crippen molar-refractivity contribution in [2.75, 3.05) is 5.75 Å². The Labute approximate surface area is 130 Å². The molecule has 0 spiro atoms. The summed E-state index contributed by atoms with van der Waals surface area (Å²) in [5.41, 5.74) is 1.28. The van der Waals surface area contributed by atoms with Crippen LogP contribution in [-0.4, -0.2) is 19.2 Å². The van der Waals surface area contributed by atoms with Crippen LogP contribution >= 0.6 is 11.6 Å². The molecule has 0 unspecified atom stereocenters. The van der Waals surface area contributed by atoms with Gasteiger partial charge in [-0.3, -0.25) is 4.98 Å². The Morgan fingerprint density at radius 2 is 1.90 bits per heavy atom. The number of hydrogen-bond acceptors (Lipinski definition) is 3. The smallest absolute Gasteiger partial charge is 0.156 e. The first-order chi connectivity index (χ1) is 10.0. The summed E-state index contributed by atoms with van der Waals surface area (Å²) in [5, 5.41) is 1.42. The fraction of sp³-hybridized carbons (Fsp3) is 0.438. The number of para-hydroxylation sites is 1. The Morgan fingerprint density at radius 3 is 2.67 bits per heavy atom. The van der Waals surface area contributed by atoms with Crippen LogP contribution in [0.25, 0.3) is 10.9 Å². The number of benzene rings is 1. The third-order valence-corrected chi connectivity index (χ3v) is 6.08. The van der Waals surface area contributed by atoms with Gasteiger partial charge in [-0.05, 0) is 30.9 Å². The van der Waals surface area contributed by atoms with Gasteiger partial charge in [-0.15, -0.1) is 0 Å². The molecule has 0 saturated heterocycles. The fourth-order valence-electron chi connectivity index (χ4n) is 3.08. The van der Waals surface area contributed by atoms with Gasteiger partial charge < -0.3 is 0 Å². The molecule has 1 heterocycles. The second-order valence-electron chi connectivity index (χ2n) is 5.82. The number of fused-ring (bicyclic) bond motifs is 1. The van der Waals surface area contributed by atoms with Crippen molar-refractivity contribution in [1.29, 1.82) is 0 Å². The molecule has 1 aliphatic rings. The quantitative estimate of drug-likeness (QED) is 0.854. The van der Waals surface area contributed by atoms with E-state index in [2.05, 4.69) is 4.98 Å². The van der Waals surface area contributed by atoms with Crippen molar-refractivity contribution in [3.63, 3.8) is 0 Å². The minimum Gasteiger partial charge on any atom is -0.252 e. The van der Waals surface area contributed by atoms with E-state index in [-0.39, 0.29) is 11.5 Å². The van der Waals surface area contributed by atoms with Crippen molar-refractivity contribution in [3.8, 4) is 0 Å². The topological polar surface area (TPSA) is 47.0 Å². The molecule has 3 nitrogen and oxygen atoms in total. The van der Waals surface area contributed by atoms with Crippen molar-refractivity contribution in [2.45, 2.75) is 31.4 Å². The molecule has 1 fully saturated rings. The third kappa shape index (κ3) is 3.55. The molecule has 2 aromatic rings. The molecule has 1 saturated carbocycles. The Morgan fingerprint density at radius 1 is 1.19 bits per heavy atom. The number of aromatic nitrogens is 1. The van der Waals surface area contributed by atoms with Crippen molar-refractivity contribution in [1.82, 2.24) is 4.98 Å². The number of pyridine rings is 1. The largest absolute Gasteiger partial charge is 0.252 e. The standard InChI is InChI=1S/C16H18ClNO2S/c17-15-9-13(18-16-8-4-3-7-14(15)16)11-21(19,20)10-12-5-1-2-6-12/h3-4,7-9,12H,1-2,5-6,10-11H2. The van der Waals surface area contributed by atoms with Gasteiger partial charge in [-0.25, -0.2) is 8.42 Å². The highest BCUT2D eigenvalue weighted by molar-refractivity contribution is 7.90. The van der Waals surface area contributed by atoms with Crippen molar-refractivity contribution in [2.24, 2.45) is 5.92 Å². The van der Waals surface area contributed by atoms with Crippen LogP contribution < -0.4 is 0 Å². The maximum Gasteiger partial charge on any atom is 0.156 e. The maximum atomic E-state index is 12.3. The minimum atomic E-state index is -3.12. The normalized spacial score (nSPS) is 16.6. The SMILES string of the molecule is O=S(=O)(Cc1cc(Cl)c2ccccc2n1)CC1CCCC1. The first-order valence-corrected chi connectivity index (χ1v) is 9.48. The van der Waals surface area contributed by atoms with E-state index in [9.17, 15) is 8.42 Å². The summed E-state index contributed by atoms with van der Waals surface area (Å²) < 4.78 is 24.6. The lowest BCUT2D eigenvalue weighted by Crippen LogP contribution is -2.16. The molecule has 0 bridgehead atoms. The molecule has 0 radical (unpaired) electrons. The molecule has 5 heteroatoms. The second kappa shape index (κ2) is 5.93. The van der Waals surface area contributed by atoms with Crippen LogP contribution in [0.2, 0.25) is 5.02 Å². The van der Waals surface area contributed by atoms with E-state index in [1.165, 1.54) is 0 Å². The van der Waals surface area contributed by atoms with E-state index in [0.717, 1.165) is 36.6 Å². The predicted molar refractivity (Wildman–Crippen MR) is 86.2 cm³/mol. The van der Waals surface area contributed by atoms with Crippen LogP contribution in [-0.2, 0) is 15.6 Å². The molecule has 3 rings (SSSR count). The summed E-state index contributed by atoms with van der Waals surface area (Å²) in [6.07, 6.45) is 4.37. The lowest BCUT2D eigenvalue weighted by molar-refractivity contribution is 0.558. The van der Waals surface area contributed by atoms with Crippen molar-refractivity contribution >= 4 is 32.3 Å². The molecule has 1 aromatic carbocycles. The summed E-state index contributed by atoms with van der Waals surface area (Å²) in [6.45, 7) is 0. The highest BCUT2D eigenvalue weighted by atomic mass is 35.5. The maximum absolute atomic E-state index is 12.3. The Balaban J connectivity index is 1.83. The van der Waals surface area contributed by atoms with Gasteiger partial charge in [-0.2, -0.15) is 0 Å². The molecular weight excluding hydrogens is 306 g/mol. The van der Waals surface area contributed by atoms with Crippen LogP contribution in [0.1, 0.15) is 31.4 Å². The number of rotatable bonds is 4. The Hall–Kier alpha value is -1.13. The van der Waals surface area contributed by atoms with Gasteiger partial charge in [0.15, 0.2) is 9.84 Å². The monoisotopic (exact) mass is 323 g/mol. The first-order valence-electron chi connectivity index (χ1n) is 7.28. The van der Waals surface area contributed by atoms with E-state index in [1.807, 2.05) is 24.3 Å². The Bertz CT molecular complexity index is 752. The summed E-state index contributed by atoms with van der Waals surface area (Å²) in [7, 11) is -3.12. The Kier molecular flexibility index (Phi) is 4.18. The van der Waals surface area contributed by atoms with Gasteiger partial charge in [0.05, 0.1) is 27.7 Å².